The quantitative estimate of drug-likeness (QED) is 0.711. The first kappa shape index (κ1) is 13.0. The Morgan fingerprint density at radius 3 is 2.71 bits per heavy atom. The van der Waals surface area contributed by atoms with E-state index in [-0.39, 0.29) is 12.2 Å². The van der Waals surface area contributed by atoms with Crippen LogP contribution >= 0.6 is 0 Å². The highest BCUT2D eigenvalue weighted by Crippen LogP contribution is 2.30. The Labute approximate surface area is 99.2 Å². The smallest absolute Gasteiger partial charge is 0.372 e. The molecule has 1 heterocycles. The van der Waals surface area contributed by atoms with E-state index in [1.807, 2.05) is 6.07 Å². The maximum atomic E-state index is 11.7. The van der Waals surface area contributed by atoms with Gasteiger partial charge < -0.3 is 14.8 Å². The third-order valence-electron chi connectivity index (χ3n) is 2.51. The molecule has 0 saturated carbocycles. The molecule has 6 nitrogen and oxygen atoms in total. The number of hydrogen-bond acceptors (Lipinski definition) is 5. The van der Waals surface area contributed by atoms with Crippen LogP contribution in [0.3, 0.4) is 0 Å². The molecule has 0 aliphatic carbocycles. The van der Waals surface area contributed by atoms with Gasteiger partial charge in [-0.25, -0.2) is 4.79 Å². The van der Waals surface area contributed by atoms with E-state index in [1.54, 1.807) is 6.92 Å². The van der Waals surface area contributed by atoms with E-state index in [1.165, 1.54) is 14.0 Å². The Morgan fingerprint density at radius 2 is 2.24 bits per heavy atom. The number of carbonyl (C=O) groups is 2. The van der Waals surface area contributed by atoms with Gasteiger partial charge in [-0.1, -0.05) is 0 Å². The van der Waals surface area contributed by atoms with E-state index >= 15 is 0 Å². The Hall–Kier alpha value is -2.03. The number of nitrogens with one attached hydrogen (secondary N) is 1. The number of nitrogens with zero attached hydrogens (tertiary/aromatic N) is 1. The van der Waals surface area contributed by atoms with E-state index in [9.17, 15) is 9.59 Å². The molecule has 0 spiro atoms. The highest BCUT2D eigenvalue weighted by Gasteiger charge is 2.46. The molecule has 0 aromatic rings. The van der Waals surface area contributed by atoms with Crippen LogP contribution in [0.1, 0.15) is 26.7 Å². The van der Waals surface area contributed by atoms with Crippen LogP contribution in [0.25, 0.3) is 0 Å². The van der Waals surface area contributed by atoms with Gasteiger partial charge in [0.15, 0.2) is 5.76 Å². The number of amides is 1. The fourth-order valence-electron chi connectivity index (χ4n) is 1.64. The predicted molar refractivity (Wildman–Crippen MR) is 57.2 cm³/mol. The van der Waals surface area contributed by atoms with Crippen LogP contribution in [0.2, 0.25) is 0 Å². The third-order valence-corrected chi connectivity index (χ3v) is 2.51. The summed E-state index contributed by atoms with van der Waals surface area (Å²) in [6.45, 7) is 3.01. The van der Waals surface area contributed by atoms with Crippen LogP contribution in [0.15, 0.2) is 11.3 Å². The SMILES string of the molecule is COC(=O)[C@@]1(NC(C)=O)CCC(C)=C(C#N)O1. The third kappa shape index (κ3) is 2.56. The summed E-state index contributed by atoms with van der Waals surface area (Å²) < 4.78 is 9.92. The van der Waals surface area contributed by atoms with Crippen molar-refractivity contribution in [2.75, 3.05) is 7.11 Å². The first-order valence-electron chi connectivity index (χ1n) is 5.11. The Bertz CT molecular complexity index is 422. The molecule has 6 heteroatoms. The number of allylic oxidation sites excluding steroid dienone is 2. The molecule has 92 valence electrons. The molecule has 1 N–H and O–H groups in total. The van der Waals surface area contributed by atoms with Crippen molar-refractivity contribution in [2.24, 2.45) is 0 Å². The molecule has 0 aromatic heterocycles. The van der Waals surface area contributed by atoms with Gasteiger partial charge in [-0.3, -0.25) is 4.79 Å². The molecule has 1 atom stereocenters. The second-order valence-electron chi connectivity index (χ2n) is 3.82. The van der Waals surface area contributed by atoms with Gasteiger partial charge >= 0.3 is 5.97 Å². The minimum atomic E-state index is -1.58. The summed E-state index contributed by atoms with van der Waals surface area (Å²) in [5.74, 6) is -1.09. The molecular weight excluding hydrogens is 224 g/mol. The number of nitriles is 1. The zero-order chi connectivity index (χ0) is 13.1. The summed E-state index contributed by atoms with van der Waals surface area (Å²) >= 11 is 0. The molecule has 0 unspecified atom stereocenters. The van der Waals surface area contributed by atoms with Crippen molar-refractivity contribution >= 4 is 11.9 Å². The maximum Gasteiger partial charge on any atom is 0.372 e. The van der Waals surface area contributed by atoms with E-state index < -0.39 is 17.6 Å². The van der Waals surface area contributed by atoms with E-state index in [4.69, 9.17) is 10.00 Å². The summed E-state index contributed by atoms with van der Waals surface area (Å²) in [5, 5.41) is 11.3. The normalized spacial score (nSPS) is 23.4. The average Bonchev–Trinajstić information content (AvgIpc) is 2.30. The van der Waals surface area contributed by atoms with Gasteiger partial charge in [0, 0.05) is 13.3 Å². The lowest BCUT2D eigenvalue weighted by Gasteiger charge is -2.35. The molecular formula is C11H14N2O4. The van der Waals surface area contributed by atoms with Crippen LogP contribution in [-0.2, 0) is 19.1 Å². The molecule has 0 fully saturated rings. The zero-order valence-corrected chi connectivity index (χ0v) is 9.99. The summed E-state index contributed by atoms with van der Waals surface area (Å²) in [7, 11) is 1.20. The number of esters is 1. The lowest BCUT2D eigenvalue weighted by atomic mass is 9.98. The van der Waals surface area contributed by atoms with Gasteiger partial charge in [0.05, 0.1) is 7.11 Å². The van der Waals surface area contributed by atoms with Gasteiger partial charge in [-0.2, -0.15) is 5.26 Å². The first-order chi connectivity index (χ1) is 7.95. The maximum absolute atomic E-state index is 11.7. The van der Waals surface area contributed by atoms with Crippen molar-refractivity contribution in [1.29, 1.82) is 5.26 Å². The minimum Gasteiger partial charge on any atom is -0.465 e. The predicted octanol–water partition coefficient (Wildman–Crippen LogP) is 0.600. The molecule has 0 radical (unpaired) electrons. The van der Waals surface area contributed by atoms with Crippen LogP contribution in [-0.4, -0.2) is 24.7 Å². The molecule has 0 bridgehead atoms. The number of hydrogen-bond donors (Lipinski definition) is 1. The fourth-order valence-corrected chi connectivity index (χ4v) is 1.64. The largest absolute Gasteiger partial charge is 0.465 e. The number of rotatable bonds is 2. The Morgan fingerprint density at radius 1 is 1.59 bits per heavy atom. The first-order valence-corrected chi connectivity index (χ1v) is 5.11. The highest BCUT2D eigenvalue weighted by atomic mass is 16.6. The van der Waals surface area contributed by atoms with Gasteiger partial charge in [-0.15, -0.1) is 0 Å². The Kier molecular flexibility index (Phi) is 3.73. The van der Waals surface area contributed by atoms with Crippen LogP contribution in [0.4, 0.5) is 0 Å². The second-order valence-corrected chi connectivity index (χ2v) is 3.82. The molecule has 1 rings (SSSR count). The van der Waals surface area contributed by atoms with Gasteiger partial charge in [0.2, 0.25) is 5.91 Å². The fraction of sp³-hybridized carbons (Fsp3) is 0.545. The number of carbonyl (C=O) groups excluding carboxylic acids is 2. The molecule has 1 aliphatic heterocycles. The van der Waals surface area contributed by atoms with Crippen LogP contribution < -0.4 is 5.32 Å². The highest BCUT2D eigenvalue weighted by molar-refractivity contribution is 5.86. The van der Waals surface area contributed by atoms with Gasteiger partial charge in [0.1, 0.15) is 6.07 Å². The minimum absolute atomic E-state index is 0.0513. The molecule has 17 heavy (non-hydrogen) atoms. The van der Waals surface area contributed by atoms with Gasteiger partial charge in [-0.05, 0) is 18.9 Å². The summed E-state index contributed by atoms with van der Waals surface area (Å²) in [6, 6.07) is 1.86. The van der Waals surface area contributed by atoms with E-state index in [0.29, 0.717) is 6.42 Å². The lowest BCUT2D eigenvalue weighted by Crippen LogP contribution is -2.57. The molecule has 0 aromatic carbocycles. The van der Waals surface area contributed by atoms with Crippen LogP contribution in [0.5, 0.6) is 0 Å². The molecule has 0 saturated heterocycles. The monoisotopic (exact) mass is 238 g/mol. The van der Waals surface area contributed by atoms with Gasteiger partial charge in [0.25, 0.3) is 5.72 Å². The molecule has 1 aliphatic rings. The van der Waals surface area contributed by atoms with Crippen molar-refractivity contribution in [2.45, 2.75) is 32.4 Å². The summed E-state index contributed by atoms with van der Waals surface area (Å²) in [4.78, 5) is 22.8. The second kappa shape index (κ2) is 4.87. The van der Waals surface area contributed by atoms with Crippen molar-refractivity contribution < 1.29 is 19.1 Å². The van der Waals surface area contributed by atoms with E-state index in [2.05, 4.69) is 10.1 Å². The van der Waals surface area contributed by atoms with Crippen molar-refractivity contribution in [3.05, 3.63) is 11.3 Å². The topological polar surface area (TPSA) is 88.4 Å². The standard InChI is InChI=1S/C11H14N2O4/c1-7-4-5-11(10(15)16-3,13-8(2)14)17-9(7)6-12/h4-5H2,1-3H3,(H,13,14)/t11-/m1/s1. The van der Waals surface area contributed by atoms with Crippen molar-refractivity contribution in [3.8, 4) is 6.07 Å². The number of ether oxygens (including phenoxy) is 2. The van der Waals surface area contributed by atoms with Crippen molar-refractivity contribution in [3.63, 3.8) is 0 Å². The number of methoxy groups -OCH3 is 1. The van der Waals surface area contributed by atoms with Crippen LogP contribution in [0, 0.1) is 11.3 Å². The van der Waals surface area contributed by atoms with E-state index in [0.717, 1.165) is 5.57 Å². The lowest BCUT2D eigenvalue weighted by molar-refractivity contribution is -0.173. The average molecular weight is 238 g/mol. The summed E-state index contributed by atoms with van der Waals surface area (Å²) in [6.07, 6.45) is 0.731. The van der Waals surface area contributed by atoms with Crippen molar-refractivity contribution in [1.82, 2.24) is 5.32 Å². The Balaban J connectivity index is 3.08. The zero-order valence-electron chi connectivity index (χ0n) is 9.99. The summed E-state index contributed by atoms with van der Waals surface area (Å²) in [5.41, 5.74) is -0.831. The molecule has 1 amide bonds.